The first kappa shape index (κ1) is 12.0. The minimum atomic E-state index is 0.155. The van der Waals surface area contributed by atoms with Crippen molar-refractivity contribution in [2.24, 2.45) is 0 Å². The van der Waals surface area contributed by atoms with Gasteiger partial charge in [-0.3, -0.25) is 0 Å². The van der Waals surface area contributed by atoms with Crippen molar-refractivity contribution in [1.82, 2.24) is 0 Å². The van der Waals surface area contributed by atoms with Gasteiger partial charge in [0.05, 0.1) is 0 Å². The number of aryl methyl sites for hydroxylation is 1. The zero-order chi connectivity index (χ0) is 12.4. The number of phenols is 1. The van der Waals surface area contributed by atoms with E-state index in [0.717, 1.165) is 24.2 Å². The van der Waals surface area contributed by atoms with Crippen molar-refractivity contribution in [3.8, 4) is 16.9 Å². The summed E-state index contributed by atoms with van der Waals surface area (Å²) in [4.78, 5) is 0. The SMILES string of the molecule is Cc1ccc(-c2cc(O)ccc2[B]O)cc1Cl. The van der Waals surface area contributed by atoms with Crippen LogP contribution in [0.25, 0.3) is 11.1 Å². The zero-order valence-electron chi connectivity index (χ0n) is 9.31. The summed E-state index contributed by atoms with van der Waals surface area (Å²) in [5.41, 5.74) is 3.24. The van der Waals surface area contributed by atoms with Gasteiger partial charge < -0.3 is 10.1 Å². The Balaban J connectivity index is 2.58. The van der Waals surface area contributed by atoms with E-state index < -0.39 is 0 Å². The molecule has 0 unspecified atom stereocenters. The van der Waals surface area contributed by atoms with E-state index in [1.54, 1.807) is 12.1 Å². The first-order valence-electron chi connectivity index (χ1n) is 5.19. The summed E-state index contributed by atoms with van der Waals surface area (Å²) >= 11 is 6.06. The van der Waals surface area contributed by atoms with Gasteiger partial charge in [-0.15, -0.1) is 0 Å². The van der Waals surface area contributed by atoms with Crippen LogP contribution in [0.4, 0.5) is 0 Å². The monoisotopic (exact) mass is 245 g/mol. The molecule has 0 amide bonds. The molecule has 0 saturated heterocycles. The molecule has 0 aliphatic carbocycles. The van der Waals surface area contributed by atoms with Crippen LogP contribution in [-0.4, -0.2) is 17.6 Å². The van der Waals surface area contributed by atoms with Gasteiger partial charge in [0.1, 0.15) is 5.75 Å². The summed E-state index contributed by atoms with van der Waals surface area (Å²) in [5.74, 6) is 0.155. The van der Waals surface area contributed by atoms with Crippen molar-refractivity contribution in [3.63, 3.8) is 0 Å². The second kappa shape index (κ2) is 4.82. The van der Waals surface area contributed by atoms with Gasteiger partial charge in [-0.2, -0.15) is 0 Å². The van der Waals surface area contributed by atoms with Crippen LogP contribution in [0.5, 0.6) is 5.75 Å². The number of aromatic hydroxyl groups is 1. The quantitative estimate of drug-likeness (QED) is 0.797. The fourth-order valence-electron chi connectivity index (χ4n) is 1.67. The van der Waals surface area contributed by atoms with Gasteiger partial charge in [0.25, 0.3) is 0 Å². The molecule has 0 fully saturated rings. The fourth-order valence-corrected chi connectivity index (χ4v) is 1.85. The van der Waals surface area contributed by atoms with Crippen LogP contribution in [0.2, 0.25) is 5.02 Å². The highest BCUT2D eigenvalue weighted by atomic mass is 35.5. The smallest absolute Gasteiger partial charge is 0.327 e. The lowest BCUT2D eigenvalue weighted by Crippen LogP contribution is -2.16. The number of hydrogen-bond acceptors (Lipinski definition) is 2. The maximum absolute atomic E-state index is 9.49. The molecule has 2 nitrogen and oxygen atoms in total. The van der Waals surface area contributed by atoms with Crippen LogP contribution in [0, 0.1) is 6.92 Å². The van der Waals surface area contributed by atoms with Crippen molar-refractivity contribution >= 4 is 24.5 Å². The Morgan fingerprint density at radius 1 is 1.12 bits per heavy atom. The van der Waals surface area contributed by atoms with Crippen LogP contribution in [0.15, 0.2) is 36.4 Å². The van der Waals surface area contributed by atoms with Crippen molar-refractivity contribution < 1.29 is 10.1 Å². The van der Waals surface area contributed by atoms with Crippen molar-refractivity contribution in [2.45, 2.75) is 6.92 Å². The van der Waals surface area contributed by atoms with Crippen LogP contribution in [0.1, 0.15) is 5.56 Å². The average Bonchev–Trinajstić information content (AvgIpc) is 2.32. The maximum Gasteiger partial charge on any atom is 0.327 e. The minimum Gasteiger partial charge on any atom is -0.508 e. The lowest BCUT2D eigenvalue weighted by molar-refractivity contribution is 0.475. The molecule has 2 N–H and O–H groups in total. The molecule has 2 aromatic rings. The minimum absolute atomic E-state index is 0.155. The number of phenolic OH excluding ortho intramolecular Hbond substituents is 1. The molecule has 0 heterocycles. The zero-order valence-corrected chi connectivity index (χ0v) is 10.1. The largest absolute Gasteiger partial charge is 0.508 e. The predicted molar refractivity (Wildman–Crippen MR) is 70.9 cm³/mol. The molecule has 1 radical (unpaired) electrons. The van der Waals surface area contributed by atoms with E-state index in [9.17, 15) is 5.11 Å². The molecular weight excluding hydrogens is 234 g/mol. The predicted octanol–water partition coefficient (Wildman–Crippen LogP) is 2.26. The van der Waals surface area contributed by atoms with Gasteiger partial charge in [-0.25, -0.2) is 0 Å². The molecule has 2 rings (SSSR count). The summed E-state index contributed by atoms with van der Waals surface area (Å²) in [5, 5.41) is 19.3. The maximum atomic E-state index is 9.49. The molecular formula is C13H11BClO2. The van der Waals surface area contributed by atoms with Crippen molar-refractivity contribution in [3.05, 3.63) is 47.0 Å². The van der Waals surface area contributed by atoms with Gasteiger partial charge in [-0.05, 0) is 47.3 Å². The Kier molecular flexibility index (Phi) is 3.41. The van der Waals surface area contributed by atoms with Gasteiger partial charge in [0, 0.05) is 5.02 Å². The van der Waals surface area contributed by atoms with E-state index in [2.05, 4.69) is 0 Å². The van der Waals surface area contributed by atoms with Crippen LogP contribution >= 0.6 is 11.6 Å². The number of benzene rings is 2. The van der Waals surface area contributed by atoms with Crippen molar-refractivity contribution in [2.75, 3.05) is 0 Å². The van der Waals surface area contributed by atoms with Gasteiger partial charge >= 0.3 is 7.48 Å². The topological polar surface area (TPSA) is 40.5 Å². The molecule has 85 valence electrons. The first-order chi connectivity index (χ1) is 8.11. The Bertz CT molecular complexity index is 555. The van der Waals surface area contributed by atoms with Crippen LogP contribution in [0.3, 0.4) is 0 Å². The third-order valence-electron chi connectivity index (χ3n) is 2.66. The first-order valence-corrected chi connectivity index (χ1v) is 5.56. The van der Waals surface area contributed by atoms with E-state index in [0.29, 0.717) is 10.5 Å². The second-order valence-corrected chi connectivity index (χ2v) is 4.27. The molecule has 2 aromatic carbocycles. The molecule has 0 bridgehead atoms. The van der Waals surface area contributed by atoms with Gasteiger partial charge in [-0.1, -0.05) is 29.8 Å². The summed E-state index contributed by atoms with van der Waals surface area (Å²) in [6.07, 6.45) is 0. The lowest BCUT2D eigenvalue weighted by atomic mass is 9.82. The fraction of sp³-hybridized carbons (Fsp3) is 0.0769. The molecule has 0 spiro atoms. The highest BCUT2D eigenvalue weighted by Crippen LogP contribution is 2.26. The summed E-state index contributed by atoms with van der Waals surface area (Å²) in [6, 6.07) is 10.4. The normalized spacial score (nSPS) is 10.3. The third kappa shape index (κ3) is 2.46. The average molecular weight is 245 g/mol. The Hall–Kier alpha value is -1.45. The number of halogens is 1. The van der Waals surface area contributed by atoms with Gasteiger partial charge in [0.2, 0.25) is 0 Å². The van der Waals surface area contributed by atoms with E-state index in [1.165, 1.54) is 6.07 Å². The molecule has 17 heavy (non-hydrogen) atoms. The van der Waals surface area contributed by atoms with E-state index in [-0.39, 0.29) is 5.75 Å². The molecule has 4 heteroatoms. The Morgan fingerprint density at radius 2 is 1.88 bits per heavy atom. The Morgan fingerprint density at radius 3 is 2.53 bits per heavy atom. The highest BCUT2D eigenvalue weighted by Gasteiger charge is 2.08. The summed E-state index contributed by atoms with van der Waals surface area (Å²) in [7, 11) is 1.02. The van der Waals surface area contributed by atoms with E-state index in [1.807, 2.05) is 25.1 Å². The second-order valence-electron chi connectivity index (χ2n) is 3.86. The third-order valence-corrected chi connectivity index (χ3v) is 3.07. The molecule has 0 aliphatic rings. The molecule has 0 saturated carbocycles. The van der Waals surface area contributed by atoms with E-state index in [4.69, 9.17) is 16.6 Å². The van der Waals surface area contributed by atoms with Crippen molar-refractivity contribution in [1.29, 1.82) is 0 Å². The summed E-state index contributed by atoms with van der Waals surface area (Å²) < 4.78 is 0. The Labute approximate surface area is 106 Å². The number of rotatable bonds is 2. The lowest BCUT2D eigenvalue weighted by Gasteiger charge is -2.09. The molecule has 0 aromatic heterocycles. The highest BCUT2D eigenvalue weighted by molar-refractivity contribution is 6.48. The van der Waals surface area contributed by atoms with E-state index >= 15 is 0 Å². The molecule has 0 atom stereocenters. The van der Waals surface area contributed by atoms with Gasteiger partial charge in [0.15, 0.2) is 0 Å². The van der Waals surface area contributed by atoms with Crippen LogP contribution < -0.4 is 5.46 Å². The summed E-state index contributed by atoms with van der Waals surface area (Å²) in [6.45, 7) is 1.92. The van der Waals surface area contributed by atoms with Crippen LogP contribution in [-0.2, 0) is 0 Å². The standard InChI is InChI=1S/C13H11BClO2/c1-8-2-3-9(6-13(8)15)11-7-10(16)4-5-12(11)14-17/h2-7,16-17H,1H3. The number of hydrogen-bond donors (Lipinski definition) is 2. The molecule has 0 aliphatic heterocycles.